The predicted octanol–water partition coefficient (Wildman–Crippen LogP) is 2.06. The molecular weight excluding hydrogens is 170 g/mol. The first kappa shape index (κ1) is 10.4. The average molecular weight is 189 g/mol. The average Bonchev–Trinajstić information content (AvgIpc) is 1.99. The first-order chi connectivity index (χ1) is 5.64. The molecule has 1 aliphatic heterocycles. The van der Waals surface area contributed by atoms with E-state index in [9.17, 15) is 0 Å². The third-order valence-electron chi connectivity index (χ3n) is 2.01. The van der Waals surface area contributed by atoms with Gasteiger partial charge in [0.2, 0.25) is 0 Å². The third-order valence-corrected chi connectivity index (χ3v) is 3.63. The molecule has 1 fully saturated rings. The molecule has 1 N–H and O–H groups in total. The highest BCUT2D eigenvalue weighted by Gasteiger charge is 2.28. The van der Waals surface area contributed by atoms with Crippen molar-refractivity contribution in [3.8, 4) is 0 Å². The Hall–Kier alpha value is 0.270. The van der Waals surface area contributed by atoms with Crippen LogP contribution in [0.4, 0.5) is 0 Å². The molecule has 0 saturated carbocycles. The maximum absolute atomic E-state index is 5.20. The Bertz CT molecular complexity index is 138. The minimum atomic E-state index is 0.470. The van der Waals surface area contributed by atoms with E-state index >= 15 is 0 Å². The maximum Gasteiger partial charge on any atom is 0.0654 e. The van der Waals surface area contributed by atoms with Crippen molar-refractivity contribution in [2.75, 3.05) is 18.1 Å². The quantitative estimate of drug-likeness (QED) is 0.687. The van der Waals surface area contributed by atoms with Gasteiger partial charge in [0, 0.05) is 11.8 Å². The molecule has 0 spiro atoms. The summed E-state index contributed by atoms with van der Waals surface area (Å²) in [6, 6.07) is 0.540. The lowest BCUT2D eigenvalue weighted by Crippen LogP contribution is -2.40. The van der Waals surface area contributed by atoms with Crippen molar-refractivity contribution in [1.82, 2.24) is 5.48 Å². The molecule has 0 bridgehead atoms. The van der Waals surface area contributed by atoms with E-state index in [2.05, 4.69) is 19.3 Å². The maximum atomic E-state index is 5.20. The zero-order chi connectivity index (χ0) is 9.03. The number of nitrogens with one attached hydrogen (secondary N) is 1. The SMILES string of the molecule is CCONC1CSCC(C)(C)C1. The molecule has 72 valence electrons. The molecule has 1 aliphatic rings. The summed E-state index contributed by atoms with van der Waals surface area (Å²) in [7, 11) is 0. The van der Waals surface area contributed by atoms with Crippen LogP contribution in [0.3, 0.4) is 0 Å². The molecule has 1 saturated heterocycles. The van der Waals surface area contributed by atoms with Crippen molar-refractivity contribution in [3.05, 3.63) is 0 Å². The fourth-order valence-electron chi connectivity index (χ4n) is 1.54. The second-order valence-electron chi connectivity index (χ2n) is 4.13. The molecule has 1 atom stereocenters. The van der Waals surface area contributed by atoms with E-state index < -0.39 is 0 Å². The van der Waals surface area contributed by atoms with Gasteiger partial charge in [0.25, 0.3) is 0 Å². The van der Waals surface area contributed by atoms with Gasteiger partial charge in [-0.1, -0.05) is 13.8 Å². The predicted molar refractivity (Wildman–Crippen MR) is 54.3 cm³/mol. The second kappa shape index (κ2) is 4.49. The molecule has 1 unspecified atom stereocenters. The van der Waals surface area contributed by atoms with Crippen molar-refractivity contribution in [2.24, 2.45) is 5.41 Å². The van der Waals surface area contributed by atoms with Gasteiger partial charge in [-0.25, -0.2) is 0 Å². The van der Waals surface area contributed by atoms with Gasteiger partial charge in [-0.05, 0) is 24.5 Å². The number of hydrogen-bond donors (Lipinski definition) is 1. The summed E-state index contributed by atoms with van der Waals surface area (Å²) in [5.41, 5.74) is 3.58. The minimum Gasteiger partial charge on any atom is -0.302 e. The van der Waals surface area contributed by atoms with Crippen LogP contribution in [0.5, 0.6) is 0 Å². The summed E-state index contributed by atoms with van der Waals surface area (Å²) >= 11 is 2.02. The first-order valence-corrected chi connectivity index (χ1v) is 5.74. The van der Waals surface area contributed by atoms with Crippen LogP contribution in [-0.4, -0.2) is 24.2 Å². The van der Waals surface area contributed by atoms with E-state index in [0.717, 1.165) is 6.61 Å². The van der Waals surface area contributed by atoms with E-state index in [0.29, 0.717) is 11.5 Å². The molecule has 1 rings (SSSR count). The molecule has 12 heavy (non-hydrogen) atoms. The zero-order valence-electron chi connectivity index (χ0n) is 8.22. The Morgan fingerprint density at radius 2 is 2.33 bits per heavy atom. The summed E-state index contributed by atoms with van der Waals surface area (Å²) in [5.74, 6) is 2.46. The van der Waals surface area contributed by atoms with Crippen LogP contribution < -0.4 is 5.48 Å². The van der Waals surface area contributed by atoms with Crippen molar-refractivity contribution in [2.45, 2.75) is 33.2 Å². The molecular formula is C9H19NOS. The zero-order valence-corrected chi connectivity index (χ0v) is 9.04. The number of rotatable bonds is 3. The van der Waals surface area contributed by atoms with Crippen molar-refractivity contribution < 1.29 is 4.84 Å². The molecule has 0 amide bonds. The van der Waals surface area contributed by atoms with Crippen molar-refractivity contribution in [1.29, 1.82) is 0 Å². The molecule has 3 heteroatoms. The lowest BCUT2D eigenvalue weighted by atomic mass is 9.88. The van der Waals surface area contributed by atoms with Crippen LogP contribution in [0.15, 0.2) is 0 Å². The van der Waals surface area contributed by atoms with Gasteiger partial charge in [0.15, 0.2) is 0 Å². The van der Waals surface area contributed by atoms with E-state index in [1.165, 1.54) is 17.9 Å². The first-order valence-electron chi connectivity index (χ1n) is 4.59. The largest absolute Gasteiger partial charge is 0.302 e. The Labute approximate surface area is 79.4 Å². The highest BCUT2D eigenvalue weighted by atomic mass is 32.2. The summed E-state index contributed by atoms with van der Waals surface area (Å²) in [5, 5.41) is 0. The Morgan fingerprint density at radius 1 is 1.58 bits per heavy atom. The van der Waals surface area contributed by atoms with Gasteiger partial charge in [0.05, 0.1) is 6.61 Å². The standard InChI is InChI=1S/C9H19NOS/c1-4-11-10-8-5-9(2,3)7-12-6-8/h8,10H,4-7H2,1-3H3. The van der Waals surface area contributed by atoms with Crippen LogP contribution in [0.2, 0.25) is 0 Å². The van der Waals surface area contributed by atoms with E-state index in [1.54, 1.807) is 0 Å². The summed E-state index contributed by atoms with van der Waals surface area (Å²) < 4.78 is 0. The summed E-state index contributed by atoms with van der Waals surface area (Å²) in [6.45, 7) is 7.40. The third kappa shape index (κ3) is 3.33. The van der Waals surface area contributed by atoms with Gasteiger partial charge in [0.1, 0.15) is 0 Å². The van der Waals surface area contributed by atoms with Gasteiger partial charge < -0.3 is 4.84 Å². The number of hydrogen-bond acceptors (Lipinski definition) is 3. The topological polar surface area (TPSA) is 21.3 Å². The number of thioether (sulfide) groups is 1. The van der Waals surface area contributed by atoms with Gasteiger partial charge in [-0.3, -0.25) is 0 Å². The lowest BCUT2D eigenvalue weighted by Gasteiger charge is -2.34. The molecule has 1 heterocycles. The van der Waals surface area contributed by atoms with Crippen LogP contribution in [0.25, 0.3) is 0 Å². The molecule has 0 aromatic carbocycles. The van der Waals surface area contributed by atoms with Crippen molar-refractivity contribution >= 4 is 11.8 Å². The fourth-order valence-corrected chi connectivity index (χ4v) is 2.80. The fraction of sp³-hybridized carbons (Fsp3) is 1.00. The monoisotopic (exact) mass is 189 g/mol. The minimum absolute atomic E-state index is 0.470. The highest BCUT2D eigenvalue weighted by Crippen LogP contribution is 2.33. The second-order valence-corrected chi connectivity index (χ2v) is 5.16. The molecule has 0 aliphatic carbocycles. The normalized spacial score (nSPS) is 28.8. The van der Waals surface area contributed by atoms with E-state index in [1.807, 2.05) is 18.7 Å². The smallest absolute Gasteiger partial charge is 0.0654 e. The van der Waals surface area contributed by atoms with Crippen LogP contribution >= 0.6 is 11.8 Å². The molecule has 0 radical (unpaired) electrons. The Kier molecular flexibility index (Phi) is 3.87. The summed E-state index contributed by atoms with van der Waals surface area (Å²) in [6.07, 6.45) is 1.22. The Morgan fingerprint density at radius 3 is 2.92 bits per heavy atom. The highest BCUT2D eigenvalue weighted by molar-refractivity contribution is 7.99. The van der Waals surface area contributed by atoms with Crippen LogP contribution in [-0.2, 0) is 4.84 Å². The number of hydroxylamine groups is 1. The summed E-state index contributed by atoms with van der Waals surface area (Å²) in [4.78, 5) is 5.20. The Balaban J connectivity index is 2.26. The van der Waals surface area contributed by atoms with Crippen LogP contribution in [0.1, 0.15) is 27.2 Å². The molecule has 2 nitrogen and oxygen atoms in total. The van der Waals surface area contributed by atoms with Gasteiger partial charge in [-0.15, -0.1) is 0 Å². The molecule has 0 aromatic rings. The molecule has 0 aromatic heterocycles. The van der Waals surface area contributed by atoms with Crippen molar-refractivity contribution in [3.63, 3.8) is 0 Å². The van der Waals surface area contributed by atoms with Gasteiger partial charge >= 0.3 is 0 Å². The van der Waals surface area contributed by atoms with Crippen LogP contribution in [0, 0.1) is 5.41 Å². The van der Waals surface area contributed by atoms with Gasteiger partial charge in [-0.2, -0.15) is 17.2 Å². The van der Waals surface area contributed by atoms with E-state index in [4.69, 9.17) is 4.84 Å². The van der Waals surface area contributed by atoms with E-state index in [-0.39, 0.29) is 0 Å². The lowest BCUT2D eigenvalue weighted by molar-refractivity contribution is 0.0194.